The molecule has 5 nitrogen and oxygen atoms in total. The number of fused-ring (bicyclic) bond motifs is 2. The van der Waals surface area contributed by atoms with Gasteiger partial charge in [-0.05, 0) is 24.3 Å². The number of aliphatic hydroxyl groups excluding tert-OH is 1. The van der Waals surface area contributed by atoms with Crippen molar-refractivity contribution in [2.75, 3.05) is 0 Å². The second-order valence-electron chi connectivity index (χ2n) is 7.07. The van der Waals surface area contributed by atoms with Crippen LogP contribution in [-0.4, -0.2) is 27.5 Å². The van der Waals surface area contributed by atoms with Gasteiger partial charge in [0.1, 0.15) is 0 Å². The van der Waals surface area contributed by atoms with Crippen LogP contribution in [0.5, 0.6) is 0 Å². The zero-order valence-corrected chi connectivity index (χ0v) is 13.6. The molecule has 5 heteroatoms. The number of hydrogen-bond donors (Lipinski definition) is 1. The quantitative estimate of drug-likeness (QED) is 0.528. The average molecular weight is 337 g/mol. The first-order chi connectivity index (χ1) is 12.1. The Morgan fingerprint density at radius 1 is 1.04 bits per heavy atom. The first kappa shape index (κ1) is 16.0. The van der Waals surface area contributed by atoms with Crippen LogP contribution in [0.4, 0.5) is 0 Å². The van der Waals surface area contributed by atoms with E-state index in [0.717, 1.165) is 5.56 Å². The lowest BCUT2D eigenvalue weighted by Gasteiger charge is -2.37. The van der Waals surface area contributed by atoms with Crippen molar-refractivity contribution in [3.63, 3.8) is 0 Å². The zero-order chi connectivity index (χ0) is 17.6. The number of aliphatic hydroxyl groups is 1. The maximum absolute atomic E-state index is 13.4. The third kappa shape index (κ3) is 2.15. The molecule has 2 aliphatic carbocycles. The predicted molar refractivity (Wildman–Crippen MR) is 91.9 cm³/mol. The minimum Gasteiger partial charge on any atom is -0.393 e. The Balaban J connectivity index is 1.91. The maximum Gasteiger partial charge on any atom is 0.295 e. The Morgan fingerprint density at radius 2 is 1.64 bits per heavy atom. The van der Waals surface area contributed by atoms with Gasteiger partial charge in [-0.3, -0.25) is 14.9 Å². The monoisotopic (exact) mass is 337 g/mol. The molecule has 2 bridgehead atoms. The van der Waals surface area contributed by atoms with E-state index in [4.69, 9.17) is 0 Å². The topological polar surface area (TPSA) is 80.4 Å². The largest absolute Gasteiger partial charge is 0.393 e. The van der Waals surface area contributed by atoms with Crippen molar-refractivity contribution in [2.24, 2.45) is 11.8 Å². The Bertz CT molecular complexity index is 807. The third-order valence-electron chi connectivity index (χ3n) is 5.94. The van der Waals surface area contributed by atoms with Gasteiger partial charge in [-0.15, -0.1) is 0 Å². The summed E-state index contributed by atoms with van der Waals surface area (Å²) in [6.45, 7) is 0. The van der Waals surface area contributed by atoms with Crippen molar-refractivity contribution < 1.29 is 14.8 Å². The number of ketones is 1. The number of benzene rings is 2. The fourth-order valence-electron chi connectivity index (χ4n) is 5.04. The highest BCUT2D eigenvalue weighted by Crippen LogP contribution is 2.61. The molecule has 0 radical (unpaired) electrons. The van der Waals surface area contributed by atoms with Crippen molar-refractivity contribution >= 4 is 5.78 Å². The van der Waals surface area contributed by atoms with Crippen molar-refractivity contribution in [3.8, 4) is 0 Å². The summed E-state index contributed by atoms with van der Waals surface area (Å²) >= 11 is 0. The molecule has 0 aliphatic heterocycles. The van der Waals surface area contributed by atoms with Gasteiger partial charge in [0.25, 0.3) is 5.54 Å². The van der Waals surface area contributed by atoms with Crippen LogP contribution in [0.15, 0.2) is 60.7 Å². The van der Waals surface area contributed by atoms with Crippen molar-refractivity contribution in [3.05, 3.63) is 81.9 Å². The highest BCUT2D eigenvalue weighted by Gasteiger charge is 2.74. The summed E-state index contributed by atoms with van der Waals surface area (Å²) in [6, 6.07) is 17.7. The van der Waals surface area contributed by atoms with Crippen LogP contribution in [0, 0.1) is 22.0 Å². The molecule has 0 aromatic heterocycles. The van der Waals surface area contributed by atoms with Gasteiger partial charge in [-0.1, -0.05) is 60.7 Å². The molecule has 0 heterocycles. The fourth-order valence-corrected chi connectivity index (χ4v) is 5.04. The molecule has 0 unspecified atom stereocenters. The van der Waals surface area contributed by atoms with Gasteiger partial charge in [0.15, 0.2) is 0 Å². The molecule has 0 spiro atoms. The molecular weight excluding hydrogens is 318 g/mol. The number of Topliss-reactive ketones (excluding diaryl/α,β-unsaturated/α-hetero) is 1. The summed E-state index contributed by atoms with van der Waals surface area (Å²) in [5.41, 5.74) is -0.659. The lowest BCUT2D eigenvalue weighted by Crippen LogP contribution is -2.58. The van der Waals surface area contributed by atoms with E-state index in [9.17, 15) is 20.0 Å². The average Bonchev–Trinajstić information content (AvgIpc) is 3.17. The second kappa shape index (κ2) is 5.77. The normalized spacial score (nSPS) is 33.3. The lowest BCUT2D eigenvalue weighted by molar-refractivity contribution is -0.565. The predicted octanol–water partition coefficient (Wildman–Crippen LogP) is 3.07. The summed E-state index contributed by atoms with van der Waals surface area (Å²) in [6.07, 6.45) is 0.227. The van der Waals surface area contributed by atoms with Crippen molar-refractivity contribution in [1.29, 1.82) is 0 Å². The van der Waals surface area contributed by atoms with Gasteiger partial charge in [-0.2, -0.15) is 0 Å². The van der Waals surface area contributed by atoms with E-state index < -0.39 is 34.2 Å². The van der Waals surface area contributed by atoms with E-state index in [-0.39, 0.29) is 5.92 Å². The first-order valence-electron chi connectivity index (χ1n) is 8.54. The number of carbonyl (C=O) groups is 1. The van der Waals surface area contributed by atoms with Crippen molar-refractivity contribution in [1.82, 2.24) is 0 Å². The molecule has 2 aliphatic rings. The van der Waals surface area contributed by atoms with Gasteiger partial charge < -0.3 is 5.11 Å². The second-order valence-corrected chi connectivity index (χ2v) is 7.07. The number of hydrogen-bond acceptors (Lipinski definition) is 4. The van der Waals surface area contributed by atoms with Crippen LogP contribution in [0.3, 0.4) is 0 Å². The summed E-state index contributed by atoms with van der Waals surface area (Å²) in [4.78, 5) is 25.3. The molecule has 128 valence electrons. The number of carbonyl (C=O) groups excluding carboxylic acids is 1. The Hall–Kier alpha value is -2.53. The summed E-state index contributed by atoms with van der Waals surface area (Å²) in [5, 5.41) is 22.7. The summed E-state index contributed by atoms with van der Waals surface area (Å²) in [7, 11) is 0. The van der Waals surface area contributed by atoms with Gasteiger partial charge in [0, 0.05) is 10.5 Å². The molecule has 0 saturated heterocycles. The van der Waals surface area contributed by atoms with Crippen LogP contribution < -0.4 is 0 Å². The molecule has 2 aromatic rings. The summed E-state index contributed by atoms with van der Waals surface area (Å²) in [5.74, 6) is -1.70. The minimum atomic E-state index is -1.80. The highest BCUT2D eigenvalue weighted by molar-refractivity contribution is 6.03. The Kier molecular flexibility index (Phi) is 3.69. The molecule has 2 fully saturated rings. The van der Waals surface area contributed by atoms with Crippen LogP contribution in [0.25, 0.3) is 0 Å². The number of rotatable bonds is 4. The standard InChI is InChI=1S/C20H19NO4/c22-17-12-15-11-16(17)20(21(24)25,18(15)13-7-3-1-4-8-13)19(23)14-9-5-2-6-10-14/h1-10,15-18,22H,11-12H2/t15-,16+,17+,18-,20-/m1/s1. The summed E-state index contributed by atoms with van der Waals surface area (Å²) < 4.78 is 0. The van der Waals surface area contributed by atoms with Gasteiger partial charge in [0.2, 0.25) is 5.78 Å². The molecule has 2 saturated carbocycles. The smallest absolute Gasteiger partial charge is 0.295 e. The van der Waals surface area contributed by atoms with E-state index in [1.54, 1.807) is 30.3 Å². The molecule has 5 atom stereocenters. The van der Waals surface area contributed by atoms with Crippen LogP contribution in [-0.2, 0) is 0 Å². The number of nitro groups is 1. The Morgan fingerprint density at radius 3 is 2.24 bits per heavy atom. The van der Waals surface area contributed by atoms with E-state index in [0.29, 0.717) is 18.4 Å². The van der Waals surface area contributed by atoms with Gasteiger partial charge in [0.05, 0.1) is 17.9 Å². The van der Waals surface area contributed by atoms with E-state index in [1.165, 1.54) is 0 Å². The molecule has 4 rings (SSSR count). The molecular formula is C20H19NO4. The first-order valence-corrected chi connectivity index (χ1v) is 8.54. The molecule has 2 aromatic carbocycles. The molecule has 1 N–H and O–H groups in total. The van der Waals surface area contributed by atoms with Crippen LogP contribution >= 0.6 is 0 Å². The minimum absolute atomic E-state index is 0.0551. The fraction of sp³-hybridized carbons (Fsp3) is 0.350. The van der Waals surface area contributed by atoms with Gasteiger partial charge in [-0.25, -0.2) is 0 Å². The van der Waals surface area contributed by atoms with Crippen LogP contribution in [0.1, 0.15) is 34.7 Å². The molecule has 25 heavy (non-hydrogen) atoms. The third-order valence-corrected chi connectivity index (χ3v) is 5.94. The maximum atomic E-state index is 13.4. The SMILES string of the molecule is O=C(c1ccccc1)[C@]1([N+](=O)[O-])[C@H](c2ccccc2)[C@H]2C[C@H](O)[C@@H]1C2. The van der Waals surface area contributed by atoms with E-state index in [1.807, 2.05) is 30.3 Å². The lowest BCUT2D eigenvalue weighted by atomic mass is 9.65. The van der Waals surface area contributed by atoms with Crippen LogP contribution in [0.2, 0.25) is 0 Å². The zero-order valence-electron chi connectivity index (χ0n) is 13.6. The highest BCUT2D eigenvalue weighted by atomic mass is 16.6. The van der Waals surface area contributed by atoms with Crippen molar-refractivity contribution in [2.45, 2.75) is 30.4 Å². The molecule has 0 amide bonds. The van der Waals surface area contributed by atoms with E-state index in [2.05, 4.69) is 0 Å². The van der Waals surface area contributed by atoms with Gasteiger partial charge >= 0.3 is 0 Å². The van der Waals surface area contributed by atoms with E-state index >= 15 is 0 Å². The Labute approximate surface area is 145 Å². The number of nitrogens with zero attached hydrogens (tertiary/aromatic N) is 1.